The zero-order valence-electron chi connectivity index (χ0n) is 14.1. The molecule has 0 N–H and O–H groups in total. The Morgan fingerprint density at radius 1 is 1.27 bits per heavy atom. The molecule has 0 aliphatic carbocycles. The summed E-state index contributed by atoms with van der Waals surface area (Å²) in [6.45, 7) is 1.36. The quantitative estimate of drug-likeness (QED) is 0.808. The van der Waals surface area contributed by atoms with Gasteiger partial charge in [0.2, 0.25) is 0 Å². The average molecular weight is 375 g/mol. The summed E-state index contributed by atoms with van der Waals surface area (Å²) in [4.78, 5) is 32.4. The number of rotatable bonds is 2. The molecule has 6 nitrogen and oxygen atoms in total. The van der Waals surface area contributed by atoms with Crippen molar-refractivity contribution in [3.8, 4) is 0 Å². The Kier molecular flexibility index (Phi) is 4.46. The van der Waals surface area contributed by atoms with Crippen LogP contribution < -0.4 is 4.90 Å². The molecule has 2 saturated heterocycles. The fourth-order valence-electron chi connectivity index (χ4n) is 3.55. The van der Waals surface area contributed by atoms with Crippen molar-refractivity contribution in [3.63, 3.8) is 0 Å². The molecular weight excluding hydrogens is 357 g/mol. The Hall–Kier alpha value is -2.32. The Morgan fingerprint density at radius 2 is 2.08 bits per heavy atom. The number of carbonyl (C=O) groups excluding carboxylic acids is 2. The topological polar surface area (TPSA) is 62.7 Å². The molecule has 8 heteroatoms. The number of piperidine rings is 1. The molecule has 1 aromatic heterocycles. The van der Waals surface area contributed by atoms with Crippen molar-refractivity contribution >= 4 is 28.8 Å². The number of halogens is 1. The number of hydrogen-bond donors (Lipinski definition) is 0. The fourth-order valence-corrected chi connectivity index (χ4v) is 4.16. The Morgan fingerprint density at radius 3 is 2.81 bits per heavy atom. The first-order valence-electron chi connectivity index (χ1n) is 8.45. The molecule has 1 spiro atoms. The lowest BCUT2D eigenvalue weighted by Crippen LogP contribution is -2.62. The molecule has 3 heterocycles. The van der Waals surface area contributed by atoms with Crippen LogP contribution in [-0.2, 0) is 9.53 Å². The molecule has 1 unspecified atom stereocenters. The van der Waals surface area contributed by atoms with E-state index in [0.717, 1.165) is 12.8 Å². The Balaban J connectivity index is 1.54. The third kappa shape index (κ3) is 3.22. The van der Waals surface area contributed by atoms with Crippen molar-refractivity contribution in [2.24, 2.45) is 0 Å². The van der Waals surface area contributed by atoms with Crippen LogP contribution in [0.4, 0.5) is 10.1 Å². The van der Waals surface area contributed by atoms with Crippen molar-refractivity contribution in [2.45, 2.75) is 18.4 Å². The number of benzene rings is 1. The smallest absolute Gasteiger partial charge is 0.282 e. The molecular formula is C18H18FN3O3S. The van der Waals surface area contributed by atoms with Crippen LogP contribution in [0.15, 0.2) is 35.8 Å². The van der Waals surface area contributed by atoms with E-state index in [1.54, 1.807) is 33.5 Å². The first-order valence-corrected chi connectivity index (χ1v) is 9.33. The minimum Gasteiger partial charge on any atom is -0.361 e. The maximum absolute atomic E-state index is 13.2. The fraction of sp³-hybridized carbons (Fsp3) is 0.389. The van der Waals surface area contributed by atoms with Gasteiger partial charge in [-0.1, -0.05) is 0 Å². The standard InChI is InChI=1S/C18H18FN3O3S/c19-13-2-4-14(5-3-13)22-12-18(25-10-15(22)23)6-1-8-21(11-18)17(24)16-20-7-9-26-16/h2-5,7,9H,1,6,8,10-12H2. The molecule has 0 saturated carbocycles. The first-order chi connectivity index (χ1) is 12.6. The maximum Gasteiger partial charge on any atom is 0.282 e. The van der Waals surface area contributed by atoms with Gasteiger partial charge in [0.25, 0.3) is 11.8 Å². The van der Waals surface area contributed by atoms with E-state index < -0.39 is 5.60 Å². The number of likely N-dealkylation sites (tertiary alicyclic amines) is 1. The Labute approximate surface area is 154 Å². The lowest BCUT2D eigenvalue weighted by atomic mass is 9.90. The number of amides is 2. The molecule has 136 valence electrons. The van der Waals surface area contributed by atoms with Crippen molar-refractivity contribution in [3.05, 3.63) is 46.7 Å². The summed E-state index contributed by atoms with van der Waals surface area (Å²) in [7, 11) is 0. The molecule has 2 amide bonds. The van der Waals surface area contributed by atoms with Crippen LogP contribution in [0.25, 0.3) is 0 Å². The number of carbonyl (C=O) groups is 2. The number of ether oxygens (including phenoxy) is 1. The van der Waals surface area contributed by atoms with E-state index in [0.29, 0.717) is 30.3 Å². The van der Waals surface area contributed by atoms with Crippen LogP contribution in [0.1, 0.15) is 22.6 Å². The highest BCUT2D eigenvalue weighted by Gasteiger charge is 2.44. The van der Waals surface area contributed by atoms with Crippen LogP contribution in [0.5, 0.6) is 0 Å². The largest absolute Gasteiger partial charge is 0.361 e. The summed E-state index contributed by atoms with van der Waals surface area (Å²) >= 11 is 1.32. The highest BCUT2D eigenvalue weighted by atomic mass is 32.1. The van der Waals surface area contributed by atoms with Gasteiger partial charge in [0.1, 0.15) is 18.0 Å². The summed E-state index contributed by atoms with van der Waals surface area (Å²) < 4.78 is 19.1. The first kappa shape index (κ1) is 17.1. The second-order valence-electron chi connectivity index (χ2n) is 6.60. The zero-order valence-corrected chi connectivity index (χ0v) is 14.9. The predicted octanol–water partition coefficient (Wildman–Crippen LogP) is 2.32. The summed E-state index contributed by atoms with van der Waals surface area (Å²) in [5.41, 5.74) is 0.0375. The van der Waals surface area contributed by atoms with Gasteiger partial charge in [-0.2, -0.15) is 0 Å². The van der Waals surface area contributed by atoms with Gasteiger partial charge in [0.15, 0.2) is 5.01 Å². The van der Waals surface area contributed by atoms with E-state index in [4.69, 9.17) is 4.74 Å². The van der Waals surface area contributed by atoms with E-state index in [9.17, 15) is 14.0 Å². The lowest BCUT2D eigenvalue weighted by molar-refractivity contribution is -0.144. The molecule has 2 aliphatic rings. The molecule has 2 fully saturated rings. The molecule has 4 rings (SSSR count). The van der Waals surface area contributed by atoms with E-state index in [1.165, 1.54) is 23.5 Å². The Bertz CT molecular complexity index is 812. The SMILES string of the molecule is O=C(c1nccs1)N1CCCC2(C1)CN(c1ccc(F)cc1)C(=O)CO2. The van der Waals surface area contributed by atoms with Gasteiger partial charge in [0, 0.05) is 23.8 Å². The van der Waals surface area contributed by atoms with Crippen molar-refractivity contribution in [2.75, 3.05) is 31.1 Å². The summed E-state index contributed by atoms with van der Waals surface area (Å²) in [5, 5.41) is 2.24. The van der Waals surface area contributed by atoms with Crippen molar-refractivity contribution in [1.29, 1.82) is 0 Å². The van der Waals surface area contributed by atoms with Crippen LogP contribution in [-0.4, -0.2) is 53.5 Å². The minimum absolute atomic E-state index is 0.0450. The van der Waals surface area contributed by atoms with Gasteiger partial charge in [-0.05, 0) is 37.1 Å². The van der Waals surface area contributed by atoms with E-state index in [-0.39, 0.29) is 24.2 Å². The third-order valence-electron chi connectivity index (χ3n) is 4.83. The molecule has 1 aromatic carbocycles. The summed E-state index contributed by atoms with van der Waals surface area (Å²) in [5.74, 6) is -0.611. The van der Waals surface area contributed by atoms with Gasteiger partial charge in [-0.15, -0.1) is 11.3 Å². The van der Waals surface area contributed by atoms with Gasteiger partial charge >= 0.3 is 0 Å². The second kappa shape index (κ2) is 6.77. The number of thiazole rings is 1. The number of morpholine rings is 1. The summed E-state index contributed by atoms with van der Waals surface area (Å²) in [6.07, 6.45) is 3.17. The third-order valence-corrected chi connectivity index (χ3v) is 5.59. The van der Waals surface area contributed by atoms with Gasteiger partial charge in [0.05, 0.1) is 13.1 Å². The molecule has 0 radical (unpaired) electrons. The highest BCUT2D eigenvalue weighted by molar-refractivity contribution is 7.11. The van der Waals surface area contributed by atoms with Crippen LogP contribution in [0.3, 0.4) is 0 Å². The number of aromatic nitrogens is 1. The number of hydrogen-bond acceptors (Lipinski definition) is 5. The molecule has 2 aliphatic heterocycles. The predicted molar refractivity (Wildman–Crippen MR) is 94.7 cm³/mol. The van der Waals surface area contributed by atoms with Crippen molar-refractivity contribution in [1.82, 2.24) is 9.88 Å². The van der Waals surface area contributed by atoms with Crippen LogP contribution in [0.2, 0.25) is 0 Å². The van der Waals surface area contributed by atoms with Crippen LogP contribution in [0, 0.1) is 5.82 Å². The number of nitrogens with zero attached hydrogens (tertiary/aromatic N) is 3. The van der Waals surface area contributed by atoms with E-state index >= 15 is 0 Å². The summed E-state index contributed by atoms with van der Waals surface area (Å²) in [6, 6.07) is 5.86. The molecule has 26 heavy (non-hydrogen) atoms. The van der Waals surface area contributed by atoms with Crippen molar-refractivity contribution < 1.29 is 18.7 Å². The monoisotopic (exact) mass is 375 g/mol. The average Bonchev–Trinajstić information content (AvgIpc) is 3.19. The van der Waals surface area contributed by atoms with Gasteiger partial charge in [-0.3, -0.25) is 9.59 Å². The normalized spacial score (nSPS) is 23.5. The maximum atomic E-state index is 13.2. The molecule has 2 aromatic rings. The van der Waals surface area contributed by atoms with Gasteiger partial charge in [-0.25, -0.2) is 9.37 Å². The lowest BCUT2D eigenvalue weighted by Gasteiger charge is -2.47. The molecule has 0 bridgehead atoms. The van der Waals surface area contributed by atoms with Gasteiger partial charge < -0.3 is 14.5 Å². The minimum atomic E-state index is -0.604. The number of anilines is 1. The molecule has 1 atom stereocenters. The van der Waals surface area contributed by atoms with E-state index in [2.05, 4.69) is 4.98 Å². The van der Waals surface area contributed by atoms with Crippen LogP contribution >= 0.6 is 11.3 Å². The zero-order chi connectivity index (χ0) is 18.1. The highest BCUT2D eigenvalue weighted by Crippen LogP contribution is 2.32. The van der Waals surface area contributed by atoms with E-state index in [1.807, 2.05) is 0 Å². The second-order valence-corrected chi connectivity index (χ2v) is 7.49.